The lowest BCUT2D eigenvalue weighted by Crippen LogP contribution is -2.51. The van der Waals surface area contributed by atoms with Crippen LogP contribution in [0.1, 0.15) is 43.5 Å². The summed E-state index contributed by atoms with van der Waals surface area (Å²) in [6.45, 7) is 6.85. The van der Waals surface area contributed by atoms with Crippen LogP contribution in [0.3, 0.4) is 0 Å². The summed E-state index contributed by atoms with van der Waals surface area (Å²) >= 11 is 0. The fourth-order valence-corrected chi connectivity index (χ4v) is 2.97. The molecule has 2 N–H and O–H groups in total. The van der Waals surface area contributed by atoms with Crippen LogP contribution in [0.2, 0.25) is 0 Å². The predicted octanol–water partition coefficient (Wildman–Crippen LogP) is 2.03. The highest BCUT2D eigenvalue weighted by Gasteiger charge is 2.31. The molecule has 5 heteroatoms. The summed E-state index contributed by atoms with van der Waals surface area (Å²) in [4.78, 5) is 18.2. The van der Waals surface area contributed by atoms with Crippen molar-refractivity contribution >= 4 is 5.91 Å². The van der Waals surface area contributed by atoms with Gasteiger partial charge in [0.15, 0.2) is 0 Å². The minimum absolute atomic E-state index is 0.0400. The first-order chi connectivity index (χ1) is 10.2. The van der Waals surface area contributed by atoms with Crippen LogP contribution < -0.4 is 5.32 Å². The largest absolute Gasteiger partial charge is 0.505 e. The maximum absolute atomic E-state index is 12.5. The predicted molar refractivity (Wildman–Crippen MR) is 82.3 cm³/mol. The van der Waals surface area contributed by atoms with Gasteiger partial charge in [0.05, 0.1) is 11.8 Å². The summed E-state index contributed by atoms with van der Waals surface area (Å²) in [5.74, 6) is 0.335. The number of rotatable bonds is 5. The molecule has 21 heavy (non-hydrogen) atoms. The molecule has 116 valence electrons. The van der Waals surface area contributed by atoms with E-state index in [2.05, 4.69) is 24.1 Å². The molecule has 2 heterocycles. The maximum atomic E-state index is 12.5. The van der Waals surface area contributed by atoms with Crippen molar-refractivity contribution in [3.8, 4) is 5.75 Å². The third kappa shape index (κ3) is 3.73. The molecule has 1 aliphatic rings. The Morgan fingerprint density at radius 2 is 2.33 bits per heavy atom. The Balaban J connectivity index is 2.03. The molecule has 0 aromatic carbocycles. The van der Waals surface area contributed by atoms with Crippen LogP contribution in [0, 0.1) is 5.92 Å². The molecular weight excluding hydrogens is 266 g/mol. The van der Waals surface area contributed by atoms with Gasteiger partial charge >= 0.3 is 0 Å². The number of aromatic nitrogens is 1. The molecule has 1 fully saturated rings. The molecule has 0 bridgehead atoms. The van der Waals surface area contributed by atoms with Crippen LogP contribution in [-0.2, 0) is 0 Å². The van der Waals surface area contributed by atoms with Gasteiger partial charge < -0.3 is 15.3 Å². The number of aromatic hydroxyl groups is 1. The molecule has 1 amide bonds. The van der Waals surface area contributed by atoms with E-state index in [4.69, 9.17) is 0 Å². The Morgan fingerprint density at radius 1 is 1.52 bits per heavy atom. The first-order valence-electron chi connectivity index (χ1n) is 7.83. The highest BCUT2D eigenvalue weighted by molar-refractivity contribution is 5.96. The summed E-state index contributed by atoms with van der Waals surface area (Å²) in [6, 6.07) is 2.07. The van der Waals surface area contributed by atoms with Gasteiger partial charge in [0.1, 0.15) is 5.75 Å². The molecule has 2 unspecified atom stereocenters. The standard InChI is InChI=1S/C16H25N3O2/c1-3-7-18-14-6-9-19(11-12(14)4-2)16(21)13-5-8-17-10-15(13)20/h5,8,10,12,14,18,20H,3-4,6-7,9,11H2,1-2H3. The number of pyridine rings is 1. The number of carbonyl (C=O) groups is 1. The van der Waals surface area contributed by atoms with E-state index in [1.165, 1.54) is 6.20 Å². The summed E-state index contributed by atoms with van der Waals surface area (Å²) in [5.41, 5.74) is 0.347. The topological polar surface area (TPSA) is 65.5 Å². The molecule has 5 nitrogen and oxygen atoms in total. The number of amides is 1. The average molecular weight is 291 g/mol. The molecule has 2 rings (SSSR count). The maximum Gasteiger partial charge on any atom is 0.257 e. The molecule has 0 saturated carbocycles. The van der Waals surface area contributed by atoms with E-state index in [0.29, 0.717) is 17.5 Å². The summed E-state index contributed by atoms with van der Waals surface area (Å²) < 4.78 is 0. The second-order valence-electron chi connectivity index (χ2n) is 5.66. The zero-order valence-electron chi connectivity index (χ0n) is 12.9. The fourth-order valence-electron chi connectivity index (χ4n) is 2.97. The van der Waals surface area contributed by atoms with Crippen molar-refractivity contribution < 1.29 is 9.90 Å². The number of hydrogen-bond acceptors (Lipinski definition) is 4. The third-order valence-electron chi connectivity index (χ3n) is 4.23. The second kappa shape index (κ2) is 7.41. The van der Waals surface area contributed by atoms with Crippen molar-refractivity contribution in [3.63, 3.8) is 0 Å². The summed E-state index contributed by atoms with van der Waals surface area (Å²) in [6.07, 6.45) is 6.00. The minimum atomic E-state index is -0.0951. The van der Waals surface area contributed by atoms with E-state index in [-0.39, 0.29) is 11.7 Å². The van der Waals surface area contributed by atoms with Crippen LogP contribution in [0.5, 0.6) is 5.75 Å². The molecule has 1 aromatic heterocycles. The van der Waals surface area contributed by atoms with Crippen molar-refractivity contribution in [1.82, 2.24) is 15.2 Å². The SMILES string of the molecule is CCCNC1CCN(C(=O)c2ccncc2O)CC1CC. The van der Waals surface area contributed by atoms with E-state index in [1.54, 1.807) is 12.3 Å². The number of hydrogen-bond donors (Lipinski definition) is 2. The Bertz CT molecular complexity index is 478. The number of nitrogens with one attached hydrogen (secondary N) is 1. The average Bonchev–Trinajstić information content (AvgIpc) is 2.52. The Kier molecular flexibility index (Phi) is 5.56. The van der Waals surface area contributed by atoms with Gasteiger partial charge in [0.2, 0.25) is 0 Å². The van der Waals surface area contributed by atoms with Gasteiger partial charge in [-0.15, -0.1) is 0 Å². The first-order valence-corrected chi connectivity index (χ1v) is 7.83. The number of nitrogens with zero attached hydrogens (tertiary/aromatic N) is 2. The molecule has 0 radical (unpaired) electrons. The molecule has 1 aliphatic heterocycles. The van der Waals surface area contributed by atoms with Crippen molar-refractivity contribution in [1.29, 1.82) is 0 Å². The normalized spacial score (nSPS) is 22.3. The van der Waals surface area contributed by atoms with E-state index in [1.807, 2.05) is 4.90 Å². The highest BCUT2D eigenvalue weighted by atomic mass is 16.3. The van der Waals surface area contributed by atoms with Crippen molar-refractivity contribution in [2.75, 3.05) is 19.6 Å². The van der Waals surface area contributed by atoms with Gasteiger partial charge in [-0.3, -0.25) is 9.78 Å². The fraction of sp³-hybridized carbons (Fsp3) is 0.625. The summed E-state index contributed by atoms with van der Waals surface area (Å²) in [7, 11) is 0. The molecular formula is C16H25N3O2. The zero-order chi connectivity index (χ0) is 15.2. The van der Waals surface area contributed by atoms with Crippen molar-refractivity contribution in [3.05, 3.63) is 24.0 Å². The first kappa shape index (κ1) is 15.8. The van der Waals surface area contributed by atoms with E-state index < -0.39 is 0 Å². The van der Waals surface area contributed by atoms with E-state index >= 15 is 0 Å². The van der Waals surface area contributed by atoms with E-state index in [0.717, 1.165) is 38.9 Å². The Hall–Kier alpha value is -1.62. The lowest BCUT2D eigenvalue weighted by Gasteiger charge is -2.39. The Labute approximate surface area is 126 Å². The minimum Gasteiger partial charge on any atom is -0.505 e. The van der Waals surface area contributed by atoms with Crippen LogP contribution in [0.15, 0.2) is 18.5 Å². The Morgan fingerprint density at radius 3 is 3.00 bits per heavy atom. The van der Waals surface area contributed by atoms with E-state index in [9.17, 15) is 9.90 Å². The smallest absolute Gasteiger partial charge is 0.257 e. The summed E-state index contributed by atoms with van der Waals surface area (Å²) in [5, 5.41) is 13.4. The second-order valence-corrected chi connectivity index (χ2v) is 5.66. The van der Waals surface area contributed by atoms with Crippen LogP contribution in [0.4, 0.5) is 0 Å². The van der Waals surface area contributed by atoms with Crippen molar-refractivity contribution in [2.45, 2.75) is 39.2 Å². The van der Waals surface area contributed by atoms with Crippen LogP contribution >= 0.6 is 0 Å². The third-order valence-corrected chi connectivity index (χ3v) is 4.23. The molecule has 1 aromatic rings. The van der Waals surface area contributed by atoms with Crippen LogP contribution in [0.25, 0.3) is 0 Å². The van der Waals surface area contributed by atoms with Gasteiger partial charge in [-0.1, -0.05) is 20.3 Å². The zero-order valence-corrected chi connectivity index (χ0v) is 12.9. The van der Waals surface area contributed by atoms with Gasteiger partial charge in [0.25, 0.3) is 5.91 Å². The lowest BCUT2D eigenvalue weighted by molar-refractivity contribution is 0.0624. The van der Waals surface area contributed by atoms with Gasteiger partial charge in [0, 0.05) is 25.3 Å². The monoisotopic (exact) mass is 291 g/mol. The van der Waals surface area contributed by atoms with Gasteiger partial charge in [-0.05, 0) is 31.4 Å². The number of carbonyl (C=O) groups excluding carboxylic acids is 1. The van der Waals surface area contributed by atoms with Crippen LogP contribution in [-0.4, -0.2) is 46.6 Å². The number of likely N-dealkylation sites (tertiary alicyclic amines) is 1. The van der Waals surface area contributed by atoms with Gasteiger partial charge in [-0.25, -0.2) is 0 Å². The number of piperidine rings is 1. The van der Waals surface area contributed by atoms with Gasteiger partial charge in [-0.2, -0.15) is 0 Å². The lowest BCUT2D eigenvalue weighted by atomic mass is 9.89. The van der Waals surface area contributed by atoms with Crippen molar-refractivity contribution in [2.24, 2.45) is 5.92 Å². The highest BCUT2D eigenvalue weighted by Crippen LogP contribution is 2.24. The quantitative estimate of drug-likeness (QED) is 0.871. The molecule has 0 aliphatic carbocycles. The molecule has 2 atom stereocenters. The molecule has 0 spiro atoms. The molecule has 1 saturated heterocycles.